The van der Waals surface area contributed by atoms with Gasteiger partial charge in [-0.3, -0.25) is 4.79 Å². The fourth-order valence-corrected chi connectivity index (χ4v) is 2.80. The Hall–Kier alpha value is -3.28. The molecule has 0 atom stereocenters. The largest absolute Gasteiger partial charge is 0.493 e. The smallest absolute Gasteiger partial charge is 0.339 e. The molecule has 128 valence electrons. The van der Waals surface area contributed by atoms with E-state index in [9.17, 15) is 14.7 Å². The number of carboxylic acids is 1. The van der Waals surface area contributed by atoms with Gasteiger partial charge < -0.3 is 19.0 Å². The molecule has 0 aliphatic rings. The third-order valence-corrected chi connectivity index (χ3v) is 4.02. The Morgan fingerprint density at radius 3 is 2.44 bits per heavy atom. The molecule has 6 heteroatoms. The standard InChI is InChI=1S/C19H16O6/c1-10-15(20)11-6-4-8-13(19(21)22)17(11)25-16(10)12-7-5-9-14(23-2)18(12)24-3/h4-9H,1-3H3,(H,21,22). The van der Waals surface area contributed by atoms with Crippen molar-refractivity contribution in [2.75, 3.05) is 14.2 Å². The summed E-state index contributed by atoms with van der Waals surface area (Å²) in [6.45, 7) is 1.63. The number of carboxylic acid groups (broad SMARTS) is 1. The van der Waals surface area contributed by atoms with Crippen LogP contribution in [0, 0.1) is 6.92 Å². The van der Waals surface area contributed by atoms with Crippen molar-refractivity contribution in [2.45, 2.75) is 6.92 Å². The zero-order valence-corrected chi connectivity index (χ0v) is 14.0. The molecule has 1 heterocycles. The summed E-state index contributed by atoms with van der Waals surface area (Å²) in [5, 5.41) is 9.61. The van der Waals surface area contributed by atoms with Crippen LogP contribution in [0.1, 0.15) is 15.9 Å². The molecule has 3 rings (SSSR count). The second-order valence-electron chi connectivity index (χ2n) is 5.41. The summed E-state index contributed by atoms with van der Waals surface area (Å²) in [5.41, 5.74) is 0.549. The number of fused-ring (bicyclic) bond motifs is 1. The fraction of sp³-hybridized carbons (Fsp3) is 0.158. The highest BCUT2D eigenvalue weighted by Gasteiger charge is 2.21. The third kappa shape index (κ3) is 2.61. The first kappa shape index (κ1) is 16.6. The summed E-state index contributed by atoms with van der Waals surface area (Å²) in [6, 6.07) is 9.65. The highest BCUT2D eigenvalue weighted by atomic mass is 16.5. The molecule has 1 aromatic heterocycles. The van der Waals surface area contributed by atoms with Gasteiger partial charge in [-0.15, -0.1) is 0 Å². The van der Waals surface area contributed by atoms with Crippen molar-refractivity contribution in [2.24, 2.45) is 0 Å². The average Bonchev–Trinajstić information content (AvgIpc) is 2.63. The van der Waals surface area contributed by atoms with Crippen LogP contribution in [0.5, 0.6) is 11.5 Å². The summed E-state index contributed by atoms with van der Waals surface area (Å²) in [7, 11) is 2.99. The first-order valence-electron chi connectivity index (χ1n) is 7.50. The highest BCUT2D eigenvalue weighted by molar-refractivity contribution is 6.01. The van der Waals surface area contributed by atoms with E-state index < -0.39 is 5.97 Å². The van der Waals surface area contributed by atoms with Gasteiger partial charge in [0.25, 0.3) is 0 Å². The topological polar surface area (TPSA) is 86.0 Å². The molecule has 0 saturated carbocycles. The van der Waals surface area contributed by atoms with E-state index in [0.29, 0.717) is 22.6 Å². The summed E-state index contributed by atoms with van der Waals surface area (Å²) in [4.78, 5) is 24.2. The van der Waals surface area contributed by atoms with Crippen molar-refractivity contribution in [3.63, 3.8) is 0 Å². The van der Waals surface area contributed by atoms with Crippen LogP contribution in [-0.4, -0.2) is 25.3 Å². The Kier molecular flexibility index (Phi) is 4.19. The molecule has 2 aromatic carbocycles. The number of benzene rings is 2. The van der Waals surface area contributed by atoms with Crippen LogP contribution in [0.3, 0.4) is 0 Å². The number of para-hydroxylation sites is 2. The van der Waals surface area contributed by atoms with Crippen LogP contribution in [0.4, 0.5) is 0 Å². The minimum atomic E-state index is -1.17. The number of carbonyl (C=O) groups is 1. The van der Waals surface area contributed by atoms with Gasteiger partial charge in [-0.2, -0.15) is 0 Å². The molecule has 6 nitrogen and oxygen atoms in total. The molecule has 3 aromatic rings. The molecule has 0 radical (unpaired) electrons. The zero-order valence-electron chi connectivity index (χ0n) is 14.0. The number of rotatable bonds is 4. The maximum Gasteiger partial charge on any atom is 0.339 e. The van der Waals surface area contributed by atoms with Crippen molar-refractivity contribution < 1.29 is 23.8 Å². The second kappa shape index (κ2) is 6.32. The molecule has 0 aliphatic heterocycles. The first-order chi connectivity index (χ1) is 12.0. The van der Waals surface area contributed by atoms with Crippen LogP contribution in [0.25, 0.3) is 22.3 Å². The molecular formula is C19H16O6. The SMILES string of the molecule is COc1cccc(-c2oc3c(C(=O)O)cccc3c(=O)c2C)c1OC. The maximum atomic E-state index is 12.7. The van der Waals surface area contributed by atoms with Crippen molar-refractivity contribution in [3.8, 4) is 22.8 Å². The molecule has 0 fully saturated rings. The van der Waals surface area contributed by atoms with Crippen LogP contribution in [-0.2, 0) is 0 Å². The lowest BCUT2D eigenvalue weighted by molar-refractivity contribution is 0.0698. The fourth-order valence-electron chi connectivity index (χ4n) is 2.80. The Morgan fingerprint density at radius 1 is 1.08 bits per heavy atom. The Labute approximate surface area is 143 Å². The summed E-state index contributed by atoms with van der Waals surface area (Å²) in [6.07, 6.45) is 0. The van der Waals surface area contributed by atoms with Gasteiger partial charge in [0.2, 0.25) is 0 Å². The van der Waals surface area contributed by atoms with Gasteiger partial charge in [-0.05, 0) is 31.2 Å². The zero-order chi connectivity index (χ0) is 18.1. The van der Waals surface area contributed by atoms with Crippen LogP contribution in [0.15, 0.2) is 45.6 Å². The number of hydrogen-bond donors (Lipinski definition) is 1. The van der Waals surface area contributed by atoms with E-state index in [0.717, 1.165) is 0 Å². The van der Waals surface area contributed by atoms with E-state index in [1.54, 1.807) is 31.2 Å². The first-order valence-corrected chi connectivity index (χ1v) is 7.50. The van der Waals surface area contributed by atoms with Crippen LogP contribution >= 0.6 is 0 Å². The van der Waals surface area contributed by atoms with E-state index in [4.69, 9.17) is 13.9 Å². The molecular weight excluding hydrogens is 324 g/mol. The van der Waals surface area contributed by atoms with E-state index in [1.807, 2.05) is 0 Å². The van der Waals surface area contributed by atoms with E-state index in [2.05, 4.69) is 0 Å². The Balaban J connectivity index is 2.43. The Morgan fingerprint density at radius 2 is 1.80 bits per heavy atom. The minimum Gasteiger partial charge on any atom is -0.493 e. The number of hydrogen-bond acceptors (Lipinski definition) is 5. The molecule has 0 spiro atoms. The van der Waals surface area contributed by atoms with Gasteiger partial charge in [0, 0.05) is 5.56 Å². The minimum absolute atomic E-state index is 0.0328. The number of aromatic carboxylic acids is 1. The summed E-state index contributed by atoms with van der Waals surface area (Å²) < 4.78 is 16.6. The molecule has 25 heavy (non-hydrogen) atoms. The monoisotopic (exact) mass is 340 g/mol. The van der Waals surface area contributed by atoms with Crippen molar-refractivity contribution in [3.05, 3.63) is 57.7 Å². The van der Waals surface area contributed by atoms with Gasteiger partial charge in [0.15, 0.2) is 22.5 Å². The average molecular weight is 340 g/mol. The van der Waals surface area contributed by atoms with Crippen LogP contribution in [0.2, 0.25) is 0 Å². The van der Waals surface area contributed by atoms with Crippen molar-refractivity contribution >= 4 is 16.9 Å². The van der Waals surface area contributed by atoms with Gasteiger partial charge in [0.05, 0.1) is 25.2 Å². The summed E-state index contributed by atoms with van der Waals surface area (Å²) in [5.74, 6) is -0.0276. The van der Waals surface area contributed by atoms with Crippen molar-refractivity contribution in [1.82, 2.24) is 0 Å². The van der Waals surface area contributed by atoms with Gasteiger partial charge in [-0.25, -0.2) is 4.79 Å². The third-order valence-electron chi connectivity index (χ3n) is 4.02. The highest BCUT2D eigenvalue weighted by Crippen LogP contribution is 2.39. The normalized spacial score (nSPS) is 10.7. The van der Waals surface area contributed by atoms with E-state index in [1.165, 1.54) is 26.4 Å². The molecule has 0 aliphatic carbocycles. The lowest BCUT2D eigenvalue weighted by atomic mass is 10.0. The molecule has 0 saturated heterocycles. The van der Waals surface area contributed by atoms with E-state index in [-0.39, 0.29) is 27.7 Å². The maximum absolute atomic E-state index is 12.7. The number of methoxy groups -OCH3 is 2. The molecule has 0 amide bonds. The second-order valence-corrected chi connectivity index (χ2v) is 5.41. The van der Waals surface area contributed by atoms with E-state index >= 15 is 0 Å². The lowest BCUT2D eigenvalue weighted by Crippen LogP contribution is -2.10. The lowest BCUT2D eigenvalue weighted by Gasteiger charge is -2.14. The van der Waals surface area contributed by atoms with Gasteiger partial charge in [-0.1, -0.05) is 12.1 Å². The van der Waals surface area contributed by atoms with Gasteiger partial charge in [0.1, 0.15) is 11.3 Å². The van der Waals surface area contributed by atoms with Crippen LogP contribution < -0.4 is 14.9 Å². The molecule has 0 unspecified atom stereocenters. The quantitative estimate of drug-likeness (QED) is 0.782. The van der Waals surface area contributed by atoms with Gasteiger partial charge >= 0.3 is 5.97 Å². The molecule has 0 bridgehead atoms. The van der Waals surface area contributed by atoms with Crippen molar-refractivity contribution in [1.29, 1.82) is 0 Å². The number of ether oxygens (including phenoxy) is 2. The molecule has 1 N–H and O–H groups in total. The predicted molar refractivity (Wildman–Crippen MR) is 92.7 cm³/mol. The summed E-state index contributed by atoms with van der Waals surface area (Å²) >= 11 is 0. The Bertz CT molecular complexity index is 1030. The predicted octanol–water partition coefficient (Wildman–Crippen LogP) is 3.48.